The lowest BCUT2D eigenvalue weighted by Crippen LogP contribution is -2.23. The van der Waals surface area contributed by atoms with Crippen molar-refractivity contribution >= 4 is 22.5 Å². The Morgan fingerprint density at radius 3 is 2.52 bits per heavy atom. The Morgan fingerprint density at radius 1 is 1.07 bits per heavy atom. The number of aromatic nitrogens is 2. The highest BCUT2D eigenvalue weighted by atomic mass is 16.5. The lowest BCUT2D eigenvalue weighted by atomic mass is 10.0. The highest BCUT2D eigenvalue weighted by Gasteiger charge is 2.16. The Kier molecular flexibility index (Phi) is 5.16. The van der Waals surface area contributed by atoms with Crippen molar-refractivity contribution in [3.8, 4) is 0 Å². The number of carbonyl (C=O) groups is 2. The molecule has 0 saturated heterocycles. The van der Waals surface area contributed by atoms with E-state index in [0.717, 1.165) is 11.1 Å². The monoisotopic (exact) mass is 364 g/mol. The van der Waals surface area contributed by atoms with Crippen LogP contribution in [0.15, 0.2) is 47.3 Å². The van der Waals surface area contributed by atoms with E-state index in [0.29, 0.717) is 22.0 Å². The van der Waals surface area contributed by atoms with Gasteiger partial charge in [-0.25, -0.2) is 4.68 Å². The summed E-state index contributed by atoms with van der Waals surface area (Å²) in [5, 5.41) is 5.27. The average molecular weight is 364 g/mol. The number of ketones is 1. The van der Waals surface area contributed by atoms with Gasteiger partial charge < -0.3 is 4.74 Å². The number of hydrogen-bond acceptors (Lipinski definition) is 5. The fraction of sp³-hybridized carbons (Fsp3) is 0.238. The van der Waals surface area contributed by atoms with Crippen LogP contribution in [0.1, 0.15) is 27.2 Å². The molecule has 0 aliphatic carbocycles. The molecule has 0 saturated carbocycles. The summed E-state index contributed by atoms with van der Waals surface area (Å²) >= 11 is 0. The Bertz CT molecular complexity index is 1100. The molecule has 0 N–H and O–H groups in total. The topological polar surface area (TPSA) is 78.3 Å². The molecule has 6 heteroatoms. The number of aryl methyl sites for hydroxylation is 3. The minimum atomic E-state index is -0.565. The Balaban J connectivity index is 1.74. The van der Waals surface area contributed by atoms with Crippen molar-refractivity contribution in [2.45, 2.75) is 20.3 Å². The zero-order valence-electron chi connectivity index (χ0n) is 15.5. The number of Topliss-reactive ketones (excluding diaryl/α,β-unsaturated/α-hetero) is 1. The standard InChI is InChI=1S/C21H20N2O4/c1-13-8-9-14(2)17(10-13)19(24)12-27-20(25)11-18-15-6-4-5-7-16(15)21(26)23(3)22-18/h4-10H,11-12H2,1-3H3. The first kappa shape index (κ1) is 18.5. The van der Waals surface area contributed by atoms with Gasteiger partial charge in [-0.1, -0.05) is 35.9 Å². The molecule has 0 radical (unpaired) electrons. The van der Waals surface area contributed by atoms with E-state index in [4.69, 9.17) is 4.74 Å². The molecule has 1 heterocycles. The van der Waals surface area contributed by atoms with Crippen molar-refractivity contribution in [3.63, 3.8) is 0 Å². The number of rotatable bonds is 5. The van der Waals surface area contributed by atoms with E-state index in [1.54, 1.807) is 30.3 Å². The predicted molar refractivity (Wildman–Crippen MR) is 102 cm³/mol. The van der Waals surface area contributed by atoms with Gasteiger partial charge in [-0.2, -0.15) is 5.10 Å². The van der Waals surface area contributed by atoms with Crippen LogP contribution in [0.3, 0.4) is 0 Å². The van der Waals surface area contributed by atoms with Crippen LogP contribution >= 0.6 is 0 Å². The predicted octanol–water partition coefficient (Wildman–Crippen LogP) is 2.52. The number of carbonyl (C=O) groups excluding carboxylic acids is 2. The fourth-order valence-electron chi connectivity index (χ4n) is 2.95. The third kappa shape index (κ3) is 3.95. The van der Waals surface area contributed by atoms with Gasteiger partial charge in [-0.3, -0.25) is 14.4 Å². The number of fused-ring (bicyclic) bond motifs is 1. The highest BCUT2D eigenvalue weighted by Crippen LogP contribution is 2.15. The molecule has 0 fully saturated rings. The second-order valence-electron chi connectivity index (χ2n) is 6.50. The quantitative estimate of drug-likeness (QED) is 0.513. The van der Waals surface area contributed by atoms with Crippen LogP contribution < -0.4 is 5.56 Å². The number of benzene rings is 2. The summed E-state index contributed by atoms with van der Waals surface area (Å²) in [6.07, 6.45) is -0.116. The van der Waals surface area contributed by atoms with Gasteiger partial charge in [-0.05, 0) is 31.5 Å². The van der Waals surface area contributed by atoms with Gasteiger partial charge in [0.25, 0.3) is 5.56 Å². The van der Waals surface area contributed by atoms with Crippen molar-refractivity contribution in [2.24, 2.45) is 7.05 Å². The smallest absolute Gasteiger partial charge is 0.312 e. The van der Waals surface area contributed by atoms with E-state index < -0.39 is 5.97 Å². The van der Waals surface area contributed by atoms with Gasteiger partial charge >= 0.3 is 5.97 Å². The van der Waals surface area contributed by atoms with Crippen LogP contribution in [0.5, 0.6) is 0 Å². The van der Waals surface area contributed by atoms with Gasteiger partial charge in [0.05, 0.1) is 17.5 Å². The molecule has 0 aliphatic heterocycles. The highest BCUT2D eigenvalue weighted by molar-refractivity contribution is 5.99. The summed E-state index contributed by atoms with van der Waals surface area (Å²) in [5.74, 6) is -0.812. The van der Waals surface area contributed by atoms with Gasteiger partial charge in [0.15, 0.2) is 6.61 Å². The second-order valence-corrected chi connectivity index (χ2v) is 6.50. The SMILES string of the molecule is Cc1ccc(C)c(C(=O)COC(=O)Cc2nn(C)c(=O)c3ccccc23)c1. The van der Waals surface area contributed by atoms with Crippen LogP contribution in [-0.4, -0.2) is 28.1 Å². The Labute approximate surface area is 156 Å². The van der Waals surface area contributed by atoms with Crippen LogP contribution in [0.2, 0.25) is 0 Å². The molecule has 3 rings (SSSR count). The fourth-order valence-corrected chi connectivity index (χ4v) is 2.95. The Hall–Kier alpha value is -3.28. The first-order chi connectivity index (χ1) is 12.9. The number of hydrogen-bond donors (Lipinski definition) is 0. The number of esters is 1. The molecule has 0 bridgehead atoms. The van der Waals surface area contributed by atoms with Crippen molar-refractivity contribution in [3.05, 3.63) is 75.2 Å². The zero-order valence-corrected chi connectivity index (χ0v) is 15.5. The first-order valence-corrected chi connectivity index (χ1v) is 8.58. The Morgan fingerprint density at radius 2 is 1.78 bits per heavy atom. The van der Waals surface area contributed by atoms with Crippen molar-refractivity contribution in [1.82, 2.24) is 9.78 Å². The van der Waals surface area contributed by atoms with Gasteiger partial charge in [0, 0.05) is 18.0 Å². The van der Waals surface area contributed by atoms with E-state index in [-0.39, 0.29) is 24.4 Å². The summed E-state index contributed by atoms with van der Waals surface area (Å²) in [4.78, 5) is 36.7. The molecular formula is C21H20N2O4. The zero-order chi connectivity index (χ0) is 19.6. The van der Waals surface area contributed by atoms with Crippen LogP contribution in [0.4, 0.5) is 0 Å². The molecule has 0 unspecified atom stereocenters. The normalized spacial score (nSPS) is 10.8. The summed E-state index contributed by atoms with van der Waals surface area (Å²) < 4.78 is 6.36. The molecule has 0 amide bonds. The average Bonchev–Trinajstić information content (AvgIpc) is 2.66. The molecule has 138 valence electrons. The maximum Gasteiger partial charge on any atom is 0.312 e. The summed E-state index contributed by atoms with van der Waals surface area (Å²) in [7, 11) is 1.54. The summed E-state index contributed by atoms with van der Waals surface area (Å²) in [6.45, 7) is 3.42. The molecule has 27 heavy (non-hydrogen) atoms. The molecule has 3 aromatic rings. The largest absolute Gasteiger partial charge is 0.457 e. The molecule has 1 aromatic heterocycles. The number of nitrogens with zero attached hydrogens (tertiary/aromatic N) is 2. The minimum absolute atomic E-state index is 0.116. The van der Waals surface area contributed by atoms with E-state index in [9.17, 15) is 14.4 Å². The van der Waals surface area contributed by atoms with Crippen LogP contribution in [0, 0.1) is 13.8 Å². The maximum atomic E-state index is 12.3. The van der Waals surface area contributed by atoms with E-state index in [1.165, 1.54) is 11.7 Å². The molecule has 0 spiro atoms. The lowest BCUT2D eigenvalue weighted by molar-refractivity contribution is -0.141. The van der Waals surface area contributed by atoms with Crippen molar-refractivity contribution in [2.75, 3.05) is 6.61 Å². The van der Waals surface area contributed by atoms with Gasteiger partial charge in [-0.15, -0.1) is 0 Å². The van der Waals surface area contributed by atoms with Gasteiger partial charge in [0.1, 0.15) is 0 Å². The van der Waals surface area contributed by atoms with E-state index in [1.807, 2.05) is 26.0 Å². The number of ether oxygens (including phenoxy) is 1. The van der Waals surface area contributed by atoms with E-state index in [2.05, 4.69) is 5.10 Å². The molecular weight excluding hydrogens is 344 g/mol. The molecule has 0 aliphatic rings. The second kappa shape index (κ2) is 7.53. The molecule has 0 atom stereocenters. The van der Waals surface area contributed by atoms with Crippen molar-refractivity contribution in [1.29, 1.82) is 0 Å². The molecule has 6 nitrogen and oxygen atoms in total. The van der Waals surface area contributed by atoms with Gasteiger partial charge in [0.2, 0.25) is 5.78 Å². The first-order valence-electron chi connectivity index (χ1n) is 8.58. The third-order valence-electron chi connectivity index (χ3n) is 4.40. The summed E-state index contributed by atoms with van der Waals surface area (Å²) in [5.41, 5.74) is 2.57. The van der Waals surface area contributed by atoms with Crippen molar-refractivity contribution < 1.29 is 14.3 Å². The minimum Gasteiger partial charge on any atom is -0.457 e. The lowest BCUT2D eigenvalue weighted by Gasteiger charge is -2.09. The van der Waals surface area contributed by atoms with Crippen LogP contribution in [0.25, 0.3) is 10.8 Å². The van der Waals surface area contributed by atoms with Crippen LogP contribution in [-0.2, 0) is 23.0 Å². The molecule has 2 aromatic carbocycles. The summed E-state index contributed by atoms with van der Waals surface area (Å²) in [6, 6.07) is 12.6. The third-order valence-corrected chi connectivity index (χ3v) is 4.40. The van der Waals surface area contributed by atoms with E-state index >= 15 is 0 Å². The maximum absolute atomic E-state index is 12.3.